The van der Waals surface area contributed by atoms with Crippen molar-refractivity contribution in [2.24, 2.45) is 62.6 Å². The number of ether oxygens (including phenoxy) is 1. The van der Waals surface area contributed by atoms with Gasteiger partial charge in [-0.3, -0.25) is 4.79 Å². The Bertz CT molecular complexity index is 1240. The normalized spacial score (nSPS) is 54.0. The van der Waals surface area contributed by atoms with E-state index in [1.165, 1.54) is 5.57 Å². The molecule has 1 heterocycles. The van der Waals surface area contributed by atoms with Gasteiger partial charge in [-0.2, -0.15) is 0 Å². The molecule has 0 amide bonds. The molecule has 7 unspecified atom stereocenters. The number of aliphatic hydroxyl groups excluding tert-OH is 3. The second-order valence-corrected chi connectivity index (χ2v) is 17.8. The first kappa shape index (κ1) is 33.4. The molecule has 0 spiro atoms. The molecule has 0 aromatic carbocycles. The number of aliphatic hydroxyl groups is 3. The smallest absolute Gasteiger partial charge is 0.335 e. The molecule has 5 aliphatic carbocycles. The summed E-state index contributed by atoms with van der Waals surface area (Å²) >= 11 is 0. The first-order valence-electron chi connectivity index (χ1n) is 17.7. The zero-order chi connectivity index (χ0) is 33.1. The van der Waals surface area contributed by atoms with Gasteiger partial charge in [0.05, 0.1) is 11.5 Å². The average Bonchev–Trinajstić information content (AvgIpc) is 2.96. The van der Waals surface area contributed by atoms with Gasteiger partial charge in [0.25, 0.3) is 0 Å². The van der Waals surface area contributed by atoms with E-state index in [0.717, 1.165) is 57.8 Å². The number of carboxylic acids is 2. The van der Waals surface area contributed by atoms with E-state index in [-0.39, 0.29) is 33.5 Å². The summed E-state index contributed by atoms with van der Waals surface area (Å²) in [5.74, 6) is 0.0800. The molecule has 6 rings (SSSR count). The van der Waals surface area contributed by atoms with Crippen LogP contribution in [0.5, 0.6) is 0 Å². The lowest BCUT2D eigenvalue weighted by atomic mass is 9.33. The predicted octanol–water partition coefficient (Wildman–Crippen LogP) is 5.67. The van der Waals surface area contributed by atoms with E-state index in [0.29, 0.717) is 30.1 Å². The number of hydrogen-bond acceptors (Lipinski definition) is 6. The highest BCUT2D eigenvalue weighted by Gasteiger charge is 2.69. The molecule has 4 saturated carbocycles. The van der Waals surface area contributed by atoms with E-state index in [2.05, 4.69) is 54.5 Å². The lowest BCUT2D eigenvalue weighted by Gasteiger charge is -2.71. The van der Waals surface area contributed by atoms with Gasteiger partial charge in [0.2, 0.25) is 0 Å². The molecule has 45 heavy (non-hydrogen) atoms. The molecule has 8 heteroatoms. The monoisotopic (exact) mass is 630 g/mol. The van der Waals surface area contributed by atoms with Crippen molar-refractivity contribution in [3.8, 4) is 0 Å². The van der Waals surface area contributed by atoms with Crippen LogP contribution >= 0.6 is 0 Å². The summed E-state index contributed by atoms with van der Waals surface area (Å²) < 4.78 is 5.75. The zero-order valence-electron chi connectivity index (χ0n) is 28.5. The van der Waals surface area contributed by atoms with E-state index in [9.17, 15) is 35.1 Å². The van der Waals surface area contributed by atoms with Gasteiger partial charge in [-0.1, -0.05) is 60.1 Å². The number of rotatable bonds is 4. The minimum absolute atomic E-state index is 0.0390. The number of carboxylic acid groups (broad SMARTS) is 2. The lowest BCUT2D eigenvalue weighted by Crippen LogP contribution is -2.65. The van der Waals surface area contributed by atoms with Crippen LogP contribution in [0.25, 0.3) is 0 Å². The summed E-state index contributed by atoms with van der Waals surface area (Å²) in [6.07, 6.45) is 4.51. The molecular formula is C37H58O8. The van der Waals surface area contributed by atoms with Crippen LogP contribution in [0, 0.1) is 62.6 Å². The fraction of sp³-hybridized carbons (Fsp3) is 0.892. The first-order chi connectivity index (χ1) is 20.9. The molecule has 6 aliphatic rings. The van der Waals surface area contributed by atoms with E-state index < -0.39 is 47.9 Å². The minimum Gasteiger partial charge on any atom is -0.481 e. The molecule has 15 atom stereocenters. The lowest BCUT2D eigenvalue weighted by molar-refractivity contribution is -0.238. The van der Waals surface area contributed by atoms with Gasteiger partial charge < -0.3 is 30.3 Å². The summed E-state index contributed by atoms with van der Waals surface area (Å²) in [6, 6.07) is 0. The summed E-state index contributed by atoms with van der Waals surface area (Å²) in [5, 5.41) is 51.8. The zero-order valence-corrected chi connectivity index (χ0v) is 28.5. The maximum Gasteiger partial charge on any atom is 0.335 e. The number of hydrogen-bond donors (Lipinski definition) is 5. The molecule has 0 aromatic rings. The van der Waals surface area contributed by atoms with Crippen LogP contribution in [0.3, 0.4) is 0 Å². The molecule has 8 nitrogen and oxygen atoms in total. The maximum absolute atomic E-state index is 13.0. The van der Waals surface area contributed by atoms with E-state index >= 15 is 0 Å². The SMILES string of the molecule is C[C@@H]1CC[C@]2(C(=O)O)CC[C@]3(C)C(=CCC4[C@@]5(C)CCC(C[C@@H]6OC(C(=O)O)[C@@H](O)C(O)C6O)C(C)(C)C5CC[C@]43C)C2[C@H]1C. The second-order valence-electron chi connectivity index (χ2n) is 17.8. The highest BCUT2D eigenvalue weighted by molar-refractivity contribution is 5.76. The van der Waals surface area contributed by atoms with E-state index in [4.69, 9.17) is 4.74 Å². The summed E-state index contributed by atoms with van der Waals surface area (Å²) in [5.41, 5.74) is 0.797. The van der Waals surface area contributed by atoms with Crippen LogP contribution in [0.4, 0.5) is 0 Å². The average molecular weight is 631 g/mol. The Morgan fingerprint density at radius 2 is 1.53 bits per heavy atom. The Morgan fingerprint density at radius 1 is 0.844 bits per heavy atom. The third-order valence-corrected chi connectivity index (χ3v) is 16.1. The Kier molecular flexibility index (Phi) is 7.99. The largest absolute Gasteiger partial charge is 0.481 e. The Labute approximate surface area is 269 Å². The third-order valence-electron chi connectivity index (χ3n) is 16.1. The van der Waals surface area contributed by atoms with Crippen molar-refractivity contribution in [3.63, 3.8) is 0 Å². The van der Waals surface area contributed by atoms with Crippen LogP contribution in [-0.2, 0) is 14.3 Å². The highest BCUT2D eigenvalue weighted by Crippen LogP contribution is 2.76. The van der Waals surface area contributed by atoms with Gasteiger partial charge in [0.15, 0.2) is 6.10 Å². The van der Waals surface area contributed by atoms with Crippen molar-refractivity contribution in [1.82, 2.24) is 0 Å². The molecule has 1 saturated heterocycles. The van der Waals surface area contributed by atoms with E-state index in [1.54, 1.807) is 0 Å². The van der Waals surface area contributed by atoms with Gasteiger partial charge in [-0.05, 0) is 121 Å². The molecule has 254 valence electrons. The number of aliphatic carboxylic acids is 2. The molecule has 0 radical (unpaired) electrons. The molecule has 5 N–H and O–H groups in total. The molecular weight excluding hydrogens is 572 g/mol. The standard InChI is InChI=1S/C37H58O8/c1-19-10-15-37(32(43)44)17-16-35(6)22(26(37)20(19)2)8-9-25-34(5)13-11-21(33(3,4)24(34)12-14-36(25,35)7)18-23-27(38)28(39)29(40)30(45-23)31(41)42/h8,19-21,23-30,38-40H,9-18H2,1-7H3,(H,41,42)(H,43,44)/t19-,20+,21?,23+,24?,25?,26?,27?,28?,29+,30?,34+,35-,36-,37+/m1/s1. The molecule has 5 fully saturated rings. The summed E-state index contributed by atoms with van der Waals surface area (Å²) in [6.45, 7) is 16.8. The van der Waals surface area contributed by atoms with Gasteiger partial charge in [-0.25, -0.2) is 4.79 Å². The van der Waals surface area contributed by atoms with Crippen LogP contribution in [-0.4, -0.2) is 68.0 Å². The molecule has 1 aliphatic heterocycles. The van der Waals surface area contributed by atoms with Gasteiger partial charge in [-0.15, -0.1) is 0 Å². The molecule has 0 bridgehead atoms. The van der Waals surface area contributed by atoms with Crippen molar-refractivity contribution in [1.29, 1.82) is 0 Å². The van der Waals surface area contributed by atoms with Crippen molar-refractivity contribution >= 4 is 11.9 Å². The van der Waals surface area contributed by atoms with Crippen LogP contribution in [0.1, 0.15) is 113 Å². The second kappa shape index (κ2) is 10.8. The fourth-order valence-electron chi connectivity index (χ4n) is 13.0. The molecule has 0 aromatic heterocycles. The Hall–Kier alpha value is -1.48. The summed E-state index contributed by atoms with van der Waals surface area (Å²) in [4.78, 5) is 24.7. The van der Waals surface area contributed by atoms with Gasteiger partial charge in [0, 0.05) is 0 Å². The number of fused-ring (bicyclic) bond motifs is 7. The predicted molar refractivity (Wildman–Crippen MR) is 169 cm³/mol. The highest BCUT2D eigenvalue weighted by atomic mass is 16.6. The number of carbonyl (C=O) groups is 2. The van der Waals surface area contributed by atoms with Gasteiger partial charge in [0.1, 0.15) is 18.3 Å². The topological polar surface area (TPSA) is 145 Å². The Morgan fingerprint density at radius 3 is 2.18 bits per heavy atom. The van der Waals surface area contributed by atoms with E-state index in [1.807, 2.05) is 0 Å². The summed E-state index contributed by atoms with van der Waals surface area (Å²) in [7, 11) is 0. The maximum atomic E-state index is 13.0. The first-order valence-corrected chi connectivity index (χ1v) is 17.7. The van der Waals surface area contributed by atoms with Crippen molar-refractivity contribution < 1.29 is 39.9 Å². The Balaban J connectivity index is 1.30. The van der Waals surface area contributed by atoms with Crippen LogP contribution in [0.15, 0.2) is 11.6 Å². The van der Waals surface area contributed by atoms with Gasteiger partial charge >= 0.3 is 11.9 Å². The van der Waals surface area contributed by atoms with Crippen molar-refractivity contribution in [2.75, 3.05) is 0 Å². The quantitative estimate of drug-likeness (QED) is 0.250. The van der Waals surface area contributed by atoms with Crippen molar-refractivity contribution in [2.45, 2.75) is 143 Å². The third kappa shape index (κ3) is 4.43. The van der Waals surface area contributed by atoms with Crippen LogP contribution < -0.4 is 0 Å². The number of allylic oxidation sites excluding steroid dienone is 2. The fourth-order valence-corrected chi connectivity index (χ4v) is 13.0. The minimum atomic E-state index is -1.67. The van der Waals surface area contributed by atoms with Crippen molar-refractivity contribution in [3.05, 3.63) is 11.6 Å². The van der Waals surface area contributed by atoms with Crippen LogP contribution in [0.2, 0.25) is 0 Å².